The molecule has 0 aliphatic rings. The van der Waals surface area contributed by atoms with Crippen LogP contribution in [-0.2, 0) is 11.3 Å². The van der Waals surface area contributed by atoms with E-state index in [1.807, 2.05) is 37.4 Å². The number of aromatic nitrogens is 1. The van der Waals surface area contributed by atoms with Crippen LogP contribution in [0.3, 0.4) is 0 Å². The third-order valence-corrected chi connectivity index (χ3v) is 3.09. The van der Waals surface area contributed by atoms with E-state index in [0.717, 1.165) is 22.9 Å². The summed E-state index contributed by atoms with van der Waals surface area (Å²) in [6.07, 6.45) is 3.44. The molecule has 4 heteroatoms. The number of carboxylic acid groups (broad SMARTS) is 1. The van der Waals surface area contributed by atoms with Gasteiger partial charge in [0.05, 0.1) is 0 Å². The van der Waals surface area contributed by atoms with Crippen molar-refractivity contribution in [3.05, 3.63) is 36.0 Å². The number of H-pyrrole nitrogens is 1. The van der Waals surface area contributed by atoms with Gasteiger partial charge in [0.2, 0.25) is 0 Å². The fraction of sp³-hybridized carbons (Fsp3) is 0.357. The summed E-state index contributed by atoms with van der Waals surface area (Å²) in [7, 11) is 0. The van der Waals surface area contributed by atoms with Crippen molar-refractivity contribution in [2.75, 3.05) is 0 Å². The van der Waals surface area contributed by atoms with Crippen LogP contribution in [0.15, 0.2) is 30.5 Å². The van der Waals surface area contributed by atoms with E-state index in [0.29, 0.717) is 13.0 Å². The molecule has 3 N–H and O–H groups in total. The molecule has 0 fully saturated rings. The second kappa shape index (κ2) is 5.69. The zero-order valence-corrected chi connectivity index (χ0v) is 10.4. The largest absolute Gasteiger partial charge is 0.480 e. The molecule has 0 saturated heterocycles. The average molecular weight is 246 g/mol. The van der Waals surface area contributed by atoms with E-state index in [1.54, 1.807) is 0 Å². The lowest BCUT2D eigenvalue weighted by Crippen LogP contribution is -2.35. The Morgan fingerprint density at radius 2 is 2.22 bits per heavy atom. The molecule has 18 heavy (non-hydrogen) atoms. The topological polar surface area (TPSA) is 65.1 Å². The molecule has 0 amide bonds. The van der Waals surface area contributed by atoms with E-state index in [2.05, 4.69) is 10.3 Å². The van der Waals surface area contributed by atoms with Crippen molar-refractivity contribution >= 4 is 16.9 Å². The number of carbonyl (C=O) groups is 1. The molecule has 2 aromatic rings. The minimum Gasteiger partial charge on any atom is -0.480 e. The summed E-state index contributed by atoms with van der Waals surface area (Å²) >= 11 is 0. The van der Waals surface area contributed by atoms with Crippen molar-refractivity contribution in [2.24, 2.45) is 0 Å². The van der Waals surface area contributed by atoms with Gasteiger partial charge in [-0.05, 0) is 18.1 Å². The summed E-state index contributed by atoms with van der Waals surface area (Å²) in [5.74, 6) is -0.781. The molecule has 0 saturated carbocycles. The Morgan fingerprint density at radius 3 is 2.94 bits per heavy atom. The Balaban J connectivity index is 2.07. The lowest BCUT2D eigenvalue weighted by atomic mass is 10.1. The molecule has 0 spiro atoms. The van der Waals surface area contributed by atoms with Crippen molar-refractivity contribution in [2.45, 2.75) is 32.4 Å². The van der Waals surface area contributed by atoms with Crippen LogP contribution in [0.2, 0.25) is 0 Å². The van der Waals surface area contributed by atoms with Gasteiger partial charge in [0, 0.05) is 23.6 Å². The Morgan fingerprint density at radius 1 is 1.44 bits per heavy atom. The van der Waals surface area contributed by atoms with Crippen molar-refractivity contribution < 1.29 is 9.90 Å². The summed E-state index contributed by atoms with van der Waals surface area (Å²) in [4.78, 5) is 14.2. The Bertz CT molecular complexity index is 533. The van der Waals surface area contributed by atoms with Gasteiger partial charge in [-0.3, -0.25) is 4.79 Å². The first kappa shape index (κ1) is 12.6. The van der Waals surface area contributed by atoms with Crippen LogP contribution in [-0.4, -0.2) is 22.1 Å². The first-order valence-corrected chi connectivity index (χ1v) is 6.23. The molecule has 0 bridgehead atoms. The molecular formula is C14H18N2O2. The van der Waals surface area contributed by atoms with Gasteiger partial charge in [-0.25, -0.2) is 0 Å². The van der Waals surface area contributed by atoms with Crippen molar-refractivity contribution in [1.82, 2.24) is 10.3 Å². The normalized spacial score (nSPS) is 12.7. The first-order chi connectivity index (χ1) is 8.72. The van der Waals surface area contributed by atoms with Gasteiger partial charge in [-0.1, -0.05) is 31.5 Å². The average Bonchev–Trinajstić information content (AvgIpc) is 2.77. The molecular weight excluding hydrogens is 228 g/mol. The SMILES string of the molecule is CCCC(NCc1c[nH]c2ccccc12)C(=O)O. The van der Waals surface area contributed by atoms with Gasteiger partial charge in [-0.2, -0.15) is 0 Å². The number of fused-ring (bicyclic) bond motifs is 1. The van der Waals surface area contributed by atoms with Gasteiger partial charge in [0.1, 0.15) is 6.04 Å². The number of benzene rings is 1. The summed E-state index contributed by atoms with van der Waals surface area (Å²) in [6.45, 7) is 2.56. The van der Waals surface area contributed by atoms with Gasteiger partial charge in [0.15, 0.2) is 0 Å². The van der Waals surface area contributed by atoms with E-state index >= 15 is 0 Å². The summed E-state index contributed by atoms with van der Waals surface area (Å²) in [5.41, 5.74) is 2.18. The number of hydrogen-bond donors (Lipinski definition) is 3. The van der Waals surface area contributed by atoms with Crippen LogP contribution >= 0.6 is 0 Å². The summed E-state index contributed by atoms with van der Waals surface area (Å²) in [6, 6.07) is 7.55. The standard InChI is InChI=1S/C14H18N2O2/c1-2-5-13(14(17)18)16-9-10-8-15-12-7-4-3-6-11(10)12/h3-4,6-8,13,15-16H,2,5,9H2,1H3,(H,17,18). The van der Waals surface area contributed by atoms with E-state index in [1.165, 1.54) is 0 Å². The molecule has 2 rings (SSSR count). The van der Waals surface area contributed by atoms with Crippen LogP contribution in [0.1, 0.15) is 25.3 Å². The van der Waals surface area contributed by atoms with Gasteiger partial charge >= 0.3 is 5.97 Å². The predicted molar refractivity (Wildman–Crippen MR) is 71.5 cm³/mol. The predicted octanol–water partition coefficient (Wildman–Crippen LogP) is 2.51. The van der Waals surface area contributed by atoms with E-state index in [4.69, 9.17) is 5.11 Å². The molecule has 4 nitrogen and oxygen atoms in total. The second-order valence-corrected chi connectivity index (χ2v) is 4.42. The zero-order chi connectivity index (χ0) is 13.0. The molecule has 0 aliphatic carbocycles. The maximum atomic E-state index is 11.0. The number of aliphatic carboxylic acids is 1. The maximum absolute atomic E-state index is 11.0. The monoisotopic (exact) mass is 246 g/mol. The highest BCUT2D eigenvalue weighted by atomic mass is 16.4. The van der Waals surface area contributed by atoms with Crippen molar-refractivity contribution in [3.8, 4) is 0 Å². The lowest BCUT2D eigenvalue weighted by Gasteiger charge is -2.12. The number of nitrogens with one attached hydrogen (secondary N) is 2. The molecule has 96 valence electrons. The van der Waals surface area contributed by atoms with E-state index in [9.17, 15) is 4.79 Å². The van der Waals surface area contributed by atoms with Crippen molar-refractivity contribution in [1.29, 1.82) is 0 Å². The molecule has 1 heterocycles. The first-order valence-electron chi connectivity index (χ1n) is 6.23. The smallest absolute Gasteiger partial charge is 0.320 e. The van der Waals surface area contributed by atoms with Crippen molar-refractivity contribution in [3.63, 3.8) is 0 Å². The van der Waals surface area contributed by atoms with E-state index < -0.39 is 12.0 Å². The van der Waals surface area contributed by atoms with Crippen LogP contribution in [0.25, 0.3) is 10.9 Å². The molecule has 1 aromatic carbocycles. The molecule has 0 radical (unpaired) electrons. The lowest BCUT2D eigenvalue weighted by molar-refractivity contribution is -0.139. The fourth-order valence-corrected chi connectivity index (χ4v) is 2.11. The van der Waals surface area contributed by atoms with Crippen LogP contribution in [0.5, 0.6) is 0 Å². The van der Waals surface area contributed by atoms with Gasteiger partial charge in [0.25, 0.3) is 0 Å². The third kappa shape index (κ3) is 2.71. The van der Waals surface area contributed by atoms with Gasteiger partial charge < -0.3 is 15.4 Å². The summed E-state index contributed by atoms with van der Waals surface area (Å²) in [5, 5.41) is 13.3. The highest BCUT2D eigenvalue weighted by molar-refractivity contribution is 5.83. The van der Waals surface area contributed by atoms with E-state index in [-0.39, 0.29) is 0 Å². The Hall–Kier alpha value is -1.81. The second-order valence-electron chi connectivity index (χ2n) is 4.42. The maximum Gasteiger partial charge on any atom is 0.320 e. The van der Waals surface area contributed by atoms with Crippen LogP contribution in [0.4, 0.5) is 0 Å². The number of rotatable bonds is 6. The molecule has 1 atom stereocenters. The molecule has 0 aliphatic heterocycles. The van der Waals surface area contributed by atoms with Crippen LogP contribution < -0.4 is 5.32 Å². The highest BCUT2D eigenvalue weighted by Crippen LogP contribution is 2.17. The Kier molecular flexibility index (Phi) is 3.99. The van der Waals surface area contributed by atoms with Crippen LogP contribution in [0, 0.1) is 0 Å². The number of carboxylic acids is 1. The highest BCUT2D eigenvalue weighted by Gasteiger charge is 2.15. The fourth-order valence-electron chi connectivity index (χ4n) is 2.11. The van der Waals surface area contributed by atoms with Gasteiger partial charge in [-0.15, -0.1) is 0 Å². The minimum absolute atomic E-state index is 0.469. The zero-order valence-electron chi connectivity index (χ0n) is 10.4. The summed E-state index contributed by atoms with van der Waals surface area (Å²) < 4.78 is 0. The quantitative estimate of drug-likeness (QED) is 0.733. The Labute approximate surface area is 106 Å². The molecule has 1 unspecified atom stereocenters. The third-order valence-electron chi connectivity index (χ3n) is 3.09. The minimum atomic E-state index is -0.781. The number of para-hydroxylation sites is 1. The number of aromatic amines is 1. The molecule has 1 aromatic heterocycles. The number of hydrogen-bond acceptors (Lipinski definition) is 2.